The molecule has 4 aliphatic heterocycles. The van der Waals surface area contributed by atoms with Crippen LogP contribution in [0.1, 0.15) is 28.8 Å². The minimum Gasteiger partial charge on any atom is -0.378 e. The van der Waals surface area contributed by atoms with Gasteiger partial charge >= 0.3 is 6.18 Å². The fourth-order valence-corrected chi connectivity index (χ4v) is 5.93. The van der Waals surface area contributed by atoms with Gasteiger partial charge in [-0.2, -0.15) is 13.2 Å². The van der Waals surface area contributed by atoms with Crippen LogP contribution in [0, 0.1) is 5.82 Å². The Morgan fingerprint density at radius 2 is 1.79 bits per heavy atom. The van der Waals surface area contributed by atoms with Gasteiger partial charge < -0.3 is 24.8 Å². The van der Waals surface area contributed by atoms with Crippen molar-refractivity contribution < 1.29 is 27.1 Å². The maximum atomic E-state index is 15.7. The van der Waals surface area contributed by atoms with Gasteiger partial charge in [0.05, 0.1) is 35.7 Å². The van der Waals surface area contributed by atoms with Crippen LogP contribution in [0.2, 0.25) is 0 Å². The average molecular weight is 588 g/mol. The SMILES string of the molecule is CN1C[C@H]2CC[C@@H]1CN2c1cc(F)c(-c2cnc(N3CCOCC3)nc2)cc1NC(=O)c1c[nH]c(=O)cc1C(F)(F)F. The summed E-state index contributed by atoms with van der Waals surface area (Å²) in [6.07, 6.45) is 0.584. The molecule has 3 aromatic rings. The molecule has 2 aromatic heterocycles. The van der Waals surface area contributed by atoms with Crippen LogP contribution in [0.5, 0.6) is 0 Å². The number of alkyl halides is 3. The number of nitrogens with one attached hydrogen (secondary N) is 2. The van der Waals surface area contributed by atoms with Crippen LogP contribution in [0.15, 0.2) is 41.6 Å². The Morgan fingerprint density at radius 3 is 2.43 bits per heavy atom. The number of likely N-dealkylation sites (N-methyl/N-ethyl adjacent to an activating group) is 1. The Labute approximate surface area is 238 Å². The topological polar surface area (TPSA) is 107 Å². The molecule has 7 rings (SSSR count). The molecular formula is C28H29F4N7O3. The molecule has 0 spiro atoms. The van der Waals surface area contributed by atoms with E-state index in [-0.39, 0.29) is 23.3 Å². The molecule has 222 valence electrons. The highest BCUT2D eigenvalue weighted by Crippen LogP contribution is 2.40. The molecule has 0 radical (unpaired) electrons. The second-order valence-electron chi connectivity index (χ2n) is 10.8. The largest absolute Gasteiger partial charge is 0.417 e. The quantitative estimate of drug-likeness (QED) is 0.438. The monoisotopic (exact) mass is 587 g/mol. The zero-order valence-electron chi connectivity index (χ0n) is 22.7. The number of morpholine rings is 1. The lowest BCUT2D eigenvalue weighted by molar-refractivity contribution is -0.138. The summed E-state index contributed by atoms with van der Waals surface area (Å²) in [7, 11) is 2.02. The van der Waals surface area contributed by atoms with Gasteiger partial charge in [-0.3, -0.25) is 14.5 Å². The number of benzene rings is 1. The number of anilines is 3. The lowest BCUT2D eigenvalue weighted by Crippen LogP contribution is -2.61. The van der Waals surface area contributed by atoms with Crippen LogP contribution < -0.4 is 20.7 Å². The van der Waals surface area contributed by atoms with E-state index in [1.807, 2.05) is 16.8 Å². The fourth-order valence-electron chi connectivity index (χ4n) is 5.93. The van der Waals surface area contributed by atoms with E-state index in [2.05, 4.69) is 25.2 Å². The summed E-state index contributed by atoms with van der Waals surface area (Å²) in [5.41, 5.74) is -2.17. The van der Waals surface area contributed by atoms with Crippen LogP contribution in [-0.2, 0) is 10.9 Å². The van der Waals surface area contributed by atoms with Crippen molar-refractivity contribution in [2.24, 2.45) is 0 Å². The van der Waals surface area contributed by atoms with Crippen molar-refractivity contribution in [3.63, 3.8) is 0 Å². The number of hydrogen-bond acceptors (Lipinski definition) is 8. The van der Waals surface area contributed by atoms with E-state index in [1.54, 1.807) is 0 Å². The number of nitrogens with zero attached hydrogens (tertiary/aromatic N) is 5. The highest BCUT2D eigenvalue weighted by atomic mass is 19.4. The minimum absolute atomic E-state index is 0.0378. The van der Waals surface area contributed by atoms with Crippen LogP contribution >= 0.6 is 0 Å². The number of ether oxygens (including phenoxy) is 1. The third kappa shape index (κ3) is 5.43. The molecule has 1 aromatic carbocycles. The zero-order valence-corrected chi connectivity index (χ0v) is 22.7. The van der Waals surface area contributed by atoms with E-state index in [0.29, 0.717) is 56.1 Å². The number of amides is 1. The molecule has 6 heterocycles. The number of H-pyrrole nitrogens is 1. The van der Waals surface area contributed by atoms with Crippen molar-refractivity contribution >= 4 is 23.2 Å². The molecule has 0 aliphatic carbocycles. The van der Waals surface area contributed by atoms with Gasteiger partial charge in [0.2, 0.25) is 11.5 Å². The van der Waals surface area contributed by atoms with E-state index in [0.717, 1.165) is 25.6 Å². The molecule has 1 amide bonds. The van der Waals surface area contributed by atoms with E-state index < -0.39 is 34.6 Å². The first-order chi connectivity index (χ1) is 20.1. The first kappa shape index (κ1) is 28.1. The molecule has 2 bridgehead atoms. The molecule has 0 unspecified atom stereocenters. The number of aromatic nitrogens is 3. The number of piperazine rings is 1. The lowest BCUT2D eigenvalue weighted by Gasteiger charge is -2.51. The summed E-state index contributed by atoms with van der Waals surface area (Å²) >= 11 is 0. The van der Waals surface area contributed by atoms with Crippen molar-refractivity contribution in [1.29, 1.82) is 0 Å². The first-order valence-electron chi connectivity index (χ1n) is 13.7. The van der Waals surface area contributed by atoms with Crippen LogP contribution in [-0.4, -0.2) is 84.3 Å². The van der Waals surface area contributed by atoms with Crippen molar-refractivity contribution in [1.82, 2.24) is 19.9 Å². The highest BCUT2D eigenvalue weighted by Gasteiger charge is 2.39. The van der Waals surface area contributed by atoms with E-state index in [9.17, 15) is 22.8 Å². The normalized spacial score (nSPS) is 21.1. The number of aromatic amines is 1. The van der Waals surface area contributed by atoms with Gasteiger partial charge in [0.15, 0.2) is 0 Å². The molecule has 4 aliphatic rings. The van der Waals surface area contributed by atoms with Gasteiger partial charge in [0.1, 0.15) is 5.82 Å². The van der Waals surface area contributed by atoms with Crippen LogP contribution in [0.3, 0.4) is 0 Å². The third-order valence-corrected chi connectivity index (χ3v) is 8.16. The molecule has 4 saturated heterocycles. The summed E-state index contributed by atoms with van der Waals surface area (Å²) in [4.78, 5) is 42.0. The fraction of sp³-hybridized carbons (Fsp3) is 0.429. The Balaban J connectivity index is 1.39. The van der Waals surface area contributed by atoms with Gasteiger partial charge in [-0.25, -0.2) is 14.4 Å². The highest BCUT2D eigenvalue weighted by molar-refractivity contribution is 6.07. The Bertz CT molecular complexity index is 1540. The Hall–Kier alpha value is -4.04. The third-order valence-electron chi connectivity index (χ3n) is 8.16. The van der Waals surface area contributed by atoms with E-state index >= 15 is 4.39 Å². The molecule has 14 heteroatoms. The number of halogens is 4. The molecule has 42 heavy (non-hydrogen) atoms. The smallest absolute Gasteiger partial charge is 0.378 e. The summed E-state index contributed by atoms with van der Waals surface area (Å²) in [5.74, 6) is -1.20. The maximum absolute atomic E-state index is 15.7. The summed E-state index contributed by atoms with van der Waals surface area (Å²) in [6, 6.07) is 3.31. The lowest BCUT2D eigenvalue weighted by atomic mass is 9.90. The average Bonchev–Trinajstić information content (AvgIpc) is 2.98. The minimum atomic E-state index is -4.94. The maximum Gasteiger partial charge on any atom is 0.417 e. The number of fused-ring (bicyclic) bond motifs is 3. The van der Waals surface area contributed by atoms with Crippen molar-refractivity contribution in [3.05, 3.63) is 64.1 Å². The number of rotatable bonds is 5. The molecule has 2 N–H and O–H groups in total. The van der Waals surface area contributed by atoms with Gasteiger partial charge in [0.25, 0.3) is 5.91 Å². The van der Waals surface area contributed by atoms with Gasteiger partial charge in [0, 0.05) is 74.0 Å². The second kappa shape index (κ2) is 11.0. The first-order valence-corrected chi connectivity index (χ1v) is 13.7. The predicted octanol–water partition coefficient (Wildman–Crippen LogP) is 3.36. The number of carbonyl (C=O) groups excluding carboxylic acids is 1. The van der Waals surface area contributed by atoms with Gasteiger partial charge in [-0.1, -0.05) is 0 Å². The van der Waals surface area contributed by atoms with Crippen LogP contribution in [0.25, 0.3) is 11.1 Å². The van der Waals surface area contributed by atoms with E-state index in [4.69, 9.17) is 4.74 Å². The molecule has 2 atom stereocenters. The summed E-state index contributed by atoms with van der Waals surface area (Å²) in [5, 5.41) is 2.58. The van der Waals surface area contributed by atoms with Gasteiger partial charge in [-0.05, 0) is 32.0 Å². The summed E-state index contributed by atoms with van der Waals surface area (Å²) < 4.78 is 62.3. The van der Waals surface area contributed by atoms with Gasteiger partial charge in [-0.15, -0.1) is 0 Å². The van der Waals surface area contributed by atoms with E-state index in [1.165, 1.54) is 24.5 Å². The van der Waals surface area contributed by atoms with Crippen LogP contribution in [0.4, 0.5) is 34.9 Å². The van der Waals surface area contributed by atoms with Crippen molar-refractivity contribution in [2.45, 2.75) is 31.1 Å². The zero-order chi connectivity index (χ0) is 29.6. The molecule has 10 nitrogen and oxygen atoms in total. The molecular weight excluding hydrogens is 558 g/mol. The van der Waals surface area contributed by atoms with Crippen molar-refractivity contribution in [3.8, 4) is 11.1 Å². The number of pyridine rings is 1. The number of hydrogen-bond donors (Lipinski definition) is 2. The summed E-state index contributed by atoms with van der Waals surface area (Å²) in [6.45, 7) is 3.64. The standard InChI is InChI=1S/C28H29F4N7O3/c1-37-14-18-3-2-17(37)15-39(18)24-10-22(29)19(16-11-34-27(35-12-16)38-4-6-42-7-5-38)8-23(24)36-26(41)20-13-33-25(40)9-21(20)28(30,31)32/h8-13,17-18H,2-7,14-15H2,1H3,(H,33,40)(H,36,41)/t17-,18-/m1/s1. The van der Waals surface area contributed by atoms with Crippen molar-refractivity contribution in [2.75, 3.05) is 61.6 Å². The number of piperidine rings is 2. The number of carbonyl (C=O) groups is 1. The molecule has 0 saturated carbocycles. The predicted molar refractivity (Wildman–Crippen MR) is 147 cm³/mol. The second-order valence-corrected chi connectivity index (χ2v) is 10.8. The molecule has 4 fully saturated rings. The Kier molecular flexibility index (Phi) is 7.35. The Morgan fingerprint density at radius 1 is 1.07 bits per heavy atom.